The molecule has 0 rings (SSSR count). The van der Waals surface area contributed by atoms with Crippen molar-refractivity contribution in [3.8, 4) is 0 Å². The lowest BCUT2D eigenvalue weighted by Gasteiger charge is -2.29. The van der Waals surface area contributed by atoms with Gasteiger partial charge in [-0.15, -0.1) is 24.0 Å². The third-order valence-corrected chi connectivity index (χ3v) is 2.67. The molecule has 0 aromatic heterocycles. The van der Waals surface area contributed by atoms with Crippen LogP contribution in [0.4, 0.5) is 4.79 Å². The summed E-state index contributed by atoms with van der Waals surface area (Å²) in [6, 6.07) is 0. The molecule has 0 aromatic carbocycles. The maximum Gasteiger partial charge on any atom is 0.408 e. The molecule has 0 aliphatic heterocycles. The standard InChI is InChI=1S/C18H36N4O4.HI/c1-10-19-14(20-11-13(23)25-16(2,3)4)21-12-18(8,9)22-15(24)26-17(5,6)7;/h10-12H2,1-9H3,(H,22,24)(H2,19,20,21);1H. The van der Waals surface area contributed by atoms with Crippen LogP contribution >= 0.6 is 24.0 Å². The van der Waals surface area contributed by atoms with Crippen LogP contribution in [0.15, 0.2) is 4.99 Å². The molecule has 0 saturated carbocycles. The Bertz CT molecular complexity index is 508. The van der Waals surface area contributed by atoms with Gasteiger partial charge in [0, 0.05) is 13.1 Å². The first-order valence-electron chi connectivity index (χ1n) is 8.89. The molecule has 0 saturated heterocycles. The summed E-state index contributed by atoms with van der Waals surface area (Å²) in [6.07, 6.45) is -0.486. The minimum Gasteiger partial charge on any atom is -0.459 e. The van der Waals surface area contributed by atoms with Crippen LogP contribution in [-0.2, 0) is 14.3 Å². The van der Waals surface area contributed by atoms with Gasteiger partial charge in [0.25, 0.3) is 0 Å². The van der Waals surface area contributed by atoms with Gasteiger partial charge in [-0.05, 0) is 62.3 Å². The Morgan fingerprint density at radius 1 is 0.889 bits per heavy atom. The second-order valence-electron chi connectivity index (χ2n) is 8.65. The van der Waals surface area contributed by atoms with E-state index in [2.05, 4.69) is 20.9 Å². The lowest BCUT2D eigenvalue weighted by atomic mass is 10.1. The summed E-state index contributed by atoms with van der Waals surface area (Å²) in [5.41, 5.74) is -1.68. The average Bonchev–Trinajstić information content (AvgIpc) is 2.37. The number of guanidine groups is 1. The number of halogens is 1. The molecule has 0 bridgehead atoms. The smallest absolute Gasteiger partial charge is 0.408 e. The van der Waals surface area contributed by atoms with Crippen molar-refractivity contribution in [2.24, 2.45) is 4.99 Å². The molecule has 0 fully saturated rings. The van der Waals surface area contributed by atoms with E-state index >= 15 is 0 Å². The summed E-state index contributed by atoms with van der Waals surface area (Å²) in [7, 11) is 0. The van der Waals surface area contributed by atoms with Gasteiger partial charge in [-0.25, -0.2) is 9.79 Å². The quantitative estimate of drug-likeness (QED) is 0.225. The number of ether oxygens (including phenoxy) is 2. The fourth-order valence-electron chi connectivity index (χ4n) is 1.79. The molecule has 160 valence electrons. The van der Waals surface area contributed by atoms with E-state index in [1.165, 1.54) is 0 Å². The normalized spacial score (nSPS) is 12.6. The van der Waals surface area contributed by atoms with Crippen LogP contribution in [0.3, 0.4) is 0 Å². The summed E-state index contributed by atoms with van der Waals surface area (Å²) in [6.45, 7) is 17.4. The van der Waals surface area contributed by atoms with Crippen molar-refractivity contribution in [1.29, 1.82) is 0 Å². The van der Waals surface area contributed by atoms with E-state index in [1.54, 1.807) is 0 Å². The van der Waals surface area contributed by atoms with Crippen molar-refractivity contribution < 1.29 is 19.1 Å². The zero-order chi connectivity index (χ0) is 20.6. The minimum atomic E-state index is -0.579. The number of carbonyl (C=O) groups is 2. The lowest BCUT2D eigenvalue weighted by Crippen LogP contribution is -2.54. The van der Waals surface area contributed by atoms with Gasteiger partial charge < -0.3 is 25.4 Å². The van der Waals surface area contributed by atoms with Crippen molar-refractivity contribution in [2.75, 3.05) is 19.6 Å². The van der Waals surface area contributed by atoms with Crippen LogP contribution in [0.25, 0.3) is 0 Å². The second kappa shape index (κ2) is 11.6. The Balaban J connectivity index is 0. The first kappa shape index (κ1) is 28.0. The largest absolute Gasteiger partial charge is 0.459 e. The number of aliphatic imine (C=N–C) groups is 1. The summed E-state index contributed by atoms with van der Waals surface area (Å²) in [5, 5.41) is 8.97. The Hall–Kier alpha value is -1.26. The minimum absolute atomic E-state index is 0. The molecule has 0 heterocycles. The van der Waals surface area contributed by atoms with Crippen molar-refractivity contribution in [2.45, 2.75) is 79.1 Å². The molecular weight excluding hydrogens is 463 g/mol. The van der Waals surface area contributed by atoms with Gasteiger partial charge in [-0.2, -0.15) is 0 Å². The van der Waals surface area contributed by atoms with Gasteiger partial charge in [0.1, 0.15) is 17.7 Å². The molecule has 0 atom stereocenters. The first-order chi connectivity index (χ1) is 11.6. The van der Waals surface area contributed by atoms with Crippen LogP contribution in [0.1, 0.15) is 62.3 Å². The molecule has 0 aromatic rings. The van der Waals surface area contributed by atoms with Crippen molar-refractivity contribution >= 4 is 42.0 Å². The monoisotopic (exact) mass is 500 g/mol. The highest BCUT2D eigenvalue weighted by Crippen LogP contribution is 2.09. The number of alkyl carbamates (subject to hydrolysis) is 1. The Morgan fingerprint density at radius 3 is 1.85 bits per heavy atom. The number of carbonyl (C=O) groups excluding carboxylic acids is 2. The molecule has 3 N–H and O–H groups in total. The van der Waals surface area contributed by atoms with Gasteiger partial charge in [0.2, 0.25) is 0 Å². The fourth-order valence-corrected chi connectivity index (χ4v) is 1.79. The van der Waals surface area contributed by atoms with Crippen LogP contribution in [-0.4, -0.2) is 54.4 Å². The van der Waals surface area contributed by atoms with Gasteiger partial charge in [-0.3, -0.25) is 4.79 Å². The van der Waals surface area contributed by atoms with Gasteiger partial charge in [-0.1, -0.05) is 0 Å². The molecule has 8 nitrogen and oxygen atoms in total. The van der Waals surface area contributed by atoms with E-state index in [0.717, 1.165) is 0 Å². The number of hydrogen-bond acceptors (Lipinski definition) is 5. The SMILES string of the molecule is CCNC(=NCC(=O)OC(C)(C)C)NCC(C)(C)NC(=O)OC(C)(C)C.I. The van der Waals surface area contributed by atoms with E-state index in [0.29, 0.717) is 19.0 Å². The zero-order valence-electron chi connectivity index (χ0n) is 18.1. The van der Waals surface area contributed by atoms with Crippen LogP contribution in [0.2, 0.25) is 0 Å². The molecule has 0 radical (unpaired) electrons. The Kier molecular flexibility index (Phi) is 12.0. The number of esters is 1. The highest BCUT2D eigenvalue weighted by molar-refractivity contribution is 14.0. The molecule has 1 amide bonds. The summed E-state index contributed by atoms with van der Waals surface area (Å²) < 4.78 is 10.5. The third-order valence-electron chi connectivity index (χ3n) is 2.67. The molecule has 0 aliphatic carbocycles. The van der Waals surface area contributed by atoms with Crippen LogP contribution in [0, 0.1) is 0 Å². The topological polar surface area (TPSA) is 101 Å². The molecule has 27 heavy (non-hydrogen) atoms. The maximum absolute atomic E-state index is 11.9. The third kappa shape index (κ3) is 16.6. The number of nitrogens with zero attached hydrogens (tertiary/aromatic N) is 1. The van der Waals surface area contributed by atoms with Gasteiger partial charge in [0.05, 0.1) is 5.54 Å². The van der Waals surface area contributed by atoms with Crippen LogP contribution < -0.4 is 16.0 Å². The first-order valence-corrected chi connectivity index (χ1v) is 8.89. The van der Waals surface area contributed by atoms with E-state index in [1.807, 2.05) is 62.3 Å². The molecule has 9 heteroatoms. The predicted molar refractivity (Wildman–Crippen MR) is 119 cm³/mol. The summed E-state index contributed by atoms with van der Waals surface area (Å²) in [4.78, 5) is 27.9. The van der Waals surface area contributed by atoms with E-state index in [-0.39, 0.29) is 30.5 Å². The van der Waals surface area contributed by atoms with Crippen LogP contribution in [0.5, 0.6) is 0 Å². The van der Waals surface area contributed by atoms with E-state index < -0.39 is 28.8 Å². The number of rotatable bonds is 6. The molecule has 0 aliphatic rings. The summed E-state index contributed by atoms with van der Waals surface area (Å²) >= 11 is 0. The summed E-state index contributed by atoms with van der Waals surface area (Å²) in [5.74, 6) is 0.0678. The van der Waals surface area contributed by atoms with E-state index in [4.69, 9.17) is 9.47 Å². The molecule has 0 spiro atoms. The molecular formula is C18H37IN4O4. The van der Waals surface area contributed by atoms with Crippen molar-refractivity contribution in [3.63, 3.8) is 0 Å². The Morgan fingerprint density at radius 2 is 1.41 bits per heavy atom. The predicted octanol–water partition coefficient (Wildman–Crippen LogP) is 2.80. The highest BCUT2D eigenvalue weighted by Gasteiger charge is 2.25. The van der Waals surface area contributed by atoms with Gasteiger partial charge in [0.15, 0.2) is 5.96 Å². The lowest BCUT2D eigenvalue weighted by molar-refractivity contribution is -0.152. The average molecular weight is 500 g/mol. The number of amides is 1. The maximum atomic E-state index is 11.9. The Labute approximate surface area is 180 Å². The van der Waals surface area contributed by atoms with Crippen molar-refractivity contribution in [1.82, 2.24) is 16.0 Å². The number of hydrogen-bond donors (Lipinski definition) is 3. The van der Waals surface area contributed by atoms with E-state index in [9.17, 15) is 9.59 Å². The van der Waals surface area contributed by atoms with Crippen molar-refractivity contribution in [3.05, 3.63) is 0 Å². The van der Waals surface area contributed by atoms with Gasteiger partial charge >= 0.3 is 12.1 Å². The zero-order valence-corrected chi connectivity index (χ0v) is 20.4. The second-order valence-corrected chi connectivity index (χ2v) is 8.65. The number of nitrogens with one attached hydrogen (secondary N) is 3. The highest BCUT2D eigenvalue weighted by atomic mass is 127. The molecule has 0 unspecified atom stereocenters. The fraction of sp³-hybridized carbons (Fsp3) is 0.833.